The minimum atomic E-state index is -0.262. The monoisotopic (exact) mass is 446 g/mol. The summed E-state index contributed by atoms with van der Waals surface area (Å²) < 4.78 is 5.26. The molecule has 0 saturated heterocycles. The normalized spacial score (nSPS) is 13.1. The van der Waals surface area contributed by atoms with Gasteiger partial charge in [-0.2, -0.15) is 0 Å². The Morgan fingerprint density at radius 1 is 1.00 bits per heavy atom. The third-order valence-corrected chi connectivity index (χ3v) is 5.70. The van der Waals surface area contributed by atoms with Gasteiger partial charge in [0.25, 0.3) is 5.91 Å². The Morgan fingerprint density at radius 2 is 1.76 bits per heavy atom. The largest absolute Gasteiger partial charge is 0.467 e. The Bertz CT molecular complexity index is 1070. The second kappa shape index (κ2) is 10.4. The predicted molar refractivity (Wildman–Crippen MR) is 129 cm³/mol. The highest BCUT2D eigenvalue weighted by Crippen LogP contribution is 2.28. The van der Waals surface area contributed by atoms with Crippen molar-refractivity contribution in [3.63, 3.8) is 0 Å². The summed E-state index contributed by atoms with van der Waals surface area (Å²) in [5.74, 6) is 0.281. The van der Waals surface area contributed by atoms with E-state index < -0.39 is 0 Å². The molecule has 0 unspecified atom stereocenters. The number of carbonyl (C=O) groups is 2. The Morgan fingerprint density at radius 3 is 2.42 bits per heavy atom. The molecular formula is C26H30N4O3. The van der Waals surface area contributed by atoms with E-state index in [0.717, 1.165) is 25.1 Å². The Balaban J connectivity index is 1.37. The van der Waals surface area contributed by atoms with Gasteiger partial charge in [0.05, 0.1) is 30.6 Å². The first-order valence-electron chi connectivity index (χ1n) is 11.2. The number of amides is 2. The minimum absolute atomic E-state index is 0.127. The van der Waals surface area contributed by atoms with Crippen molar-refractivity contribution in [1.82, 2.24) is 10.2 Å². The topological polar surface area (TPSA) is 77.8 Å². The lowest BCUT2D eigenvalue weighted by Crippen LogP contribution is -2.35. The van der Waals surface area contributed by atoms with Crippen LogP contribution in [0.1, 0.15) is 34.5 Å². The zero-order valence-electron chi connectivity index (χ0n) is 19.1. The van der Waals surface area contributed by atoms with Gasteiger partial charge in [-0.15, -0.1) is 0 Å². The van der Waals surface area contributed by atoms with E-state index in [1.54, 1.807) is 36.6 Å². The van der Waals surface area contributed by atoms with Crippen LogP contribution in [0.25, 0.3) is 0 Å². The summed E-state index contributed by atoms with van der Waals surface area (Å²) in [6, 6.07) is 19.5. The van der Waals surface area contributed by atoms with Crippen LogP contribution in [0, 0.1) is 0 Å². The molecule has 1 fully saturated rings. The molecule has 2 aromatic carbocycles. The number of nitrogens with zero attached hydrogens (tertiary/aromatic N) is 2. The maximum atomic E-state index is 12.9. The molecule has 3 aromatic rings. The molecular weight excluding hydrogens is 416 g/mol. The number of benzene rings is 2. The van der Waals surface area contributed by atoms with Gasteiger partial charge in [-0.1, -0.05) is 24.3 Å². The number of anilines is 2. The van der Waals surface area contributed by atoms with Gasteiger partial charge >= 0.3 is 0 Å². The van der Waals surface area contributed by atoms with Crippen molar-refractivity contribution in [1.29, 1.82) is 0 Å². The molecule has 1 aliphatic carbocycles. The maximum absolute atomic E-state index is 12.9. The first kappa shape index (κ1) is 22.6. The molecule has 33 heavy (non-hydrogen) atoms. The van der Waals surface area contributed by atoms with Crippen molar-refractivity contribution in [3.8, 4) is 0 Å². The van der Waals surface area contributed by atoms with Crippen LogP contribution >= 0.6 is 0 Å². The smallest absolute Gasteiger partial charge is 0.253 e. The summed E-state index contributed by atoms with van der Waals surface area (Å²) in [5, 5.41) is 5.77. The van der Waals surface area contributed by atoms with E-state index in [4.69, 9.17) is 4.42 Å². The second-order valence-electron chi connectivity index (χ2n) is 8.55. The average molecular weight is 447 g/mol. The van der Waals surface area contributed by atoms with Gasteiger partial charge in [-0.05, 0) is 54.8 Å². The Labute approximate surface area is 194 Å². The molecule has 1 aromatic heterocycles. The van der Waals surface area contributed by atoms with Gasteiger partial charge in [-0.25, -0.2) is 0 Å². The maximum Gasteiger partial charge on any atom is 0.253 e. The van der Waals surface area contributed by atoms with Crippen LogP contribution in [0.15, 0.2) is 71.3 Å². The quantitative estimate of drug-likeness (QED) is 0.494. The van der Waals surface area contributed by atoms with Gasteiger partial charge in [0, 0.05) is 32.4 Å². The summed E-state index contributed by atoms with van der Waals surface area (Å²) in [5.41, 5.74) is 3.26. The van der Waals surface area contributed by atoms with Crippen molar-refractivity contribution >= 4 is 23.2 Å². The highest BCUT2D eigenvalue weighted by molar-refractivity contribution is 6.04. The first-order valence-corrected chi connectivity index (χ1v) is 11.2. The van der Waals surface area contributed by atoms with Gasteiger partial charge < -0.3 is 20.0 Å². The van der Waals surface area contributed by atoms with E-state index in [9.17, 15) is 9.59 Å². The van der Waals surface area contributed by atoms with Crippen molar-refractivity contribution in [2.45, 2.75) is 32.0 Å². The molecule has 2 N–H and O–H groups in total. The van der Waals surface area contributed by atoms with Crippen molar-refractivity contribution < 1.29 is 14.0 Å². The lowest BCUT2D eigenvalue weighted by molar-refractivity contribution is -0.117. The molecule has 1 saturated carbocycles. The van der Waals surface area contributed by atoms with Crippen LogP contribution in [-0.2, 0) is 17.9 Å². The van der Waals surface area contributed by atoms with E-state index in [0.29, 0.717) is 23.1 Å². The number of carbonyl (C=O) groups excluding carboxylic acids is 2. The van der Waals surface area contributed by atoms with Crippen LogP contribution in [-0.4, -0.2) is 43.4 Å². The number of hydrogen-bond donors (Lipinski definition) is 2. The lowest BCUT2D eigenvalue weighted by Gasteiger charge is -2.22. The molecule has 1 aliphatic rings. The predicted octanol–water partition coefficient (Wildman–Crippen LogP) is 3.88. The summed E-state index contributed by atoms with van der Waals surface area (Å²) in [6.07, 6.45) is 3.78. The molecule has 4 rings (SSSR count). The van der Waals surface area contributed by atoms with E-state index >= 15 is 0 Å². The highest BCUT2D eigenvalue weighted by Gasteiger charge is 2.30. The molecule has 0 radical (unpaired) electrons. The molecule has 0 atom stereocenters. The third-order valence-electron chi connectivity index (χ3n) is 5.70. The van der Waals surface area contributed by atoms with Crippen LogP contribution < -0.4 is 15.5 Å². The van der Waals surface area contributed by atoms with Crippen molar-refractivity contribution in [2.75, 3.05) is 30.9 Å². The molecule has 0 spiro atoms. The third kappa shape index (κ3) is 6.23. The summed E-state index contributed by atoms with van der Waals surface area (Å²) in [7, 11) is 4.04. The fourth-order valence-electron chi connectivity index (χ4n) is 3.73. The van der Waals surface area contributed by atoms with Crippen LogP contribution in [0.3, 0.4) is 0 Å². The van der Waals surface area contributed by atoms with E-state index in [1.165, 1.54) is 5.56 Å². The van der Waals surface area contributed by atoms with Gasteiger partial charge in [0.1, 0.15) is 5.76 Å². The van der Waals surface area contributed by atoms with E-state index in [-0.39, 0.29) is 24.9 Å². The first-order chi connectivity index (χ1) is 16.0. The molecule has 2 amide bonds. The van der Waals surface area contributed by atoms with Gasteiger partial charge in [0.15, 0.2) is 0 Å². The summed E-state index contributed by atoms with van der Waals surface area (Å²) in [6.45, 7) is 1.29. The summed E-state index contributed by atoms with van der Waals surface area (Å²) >= 11 is 0. The molecule has 0 aliphatic heterocycles. The fraction of sp³-hybridized carbons (Fsp3) is 0.308. The standard InChI is InChI=1S/C26H30N4O3/c1-29(2)20-11-9-19(10-12-20)17-30(21-13-14-21)18-25(31)28-24-8-4-3-7-23(24)26(32)27-16-22-6-5-15-33-22/h3-12,15,21H,13-14,16-18H2,1-2H3,(H,27,32)(H,28,31). The molecule has 7 nitrogen and oxygen atoms in total. The SMILES string of the molecule is CN(C)c1ccc(CN(CC(=O)Nc2ccccc2C(=O)NCc2ccco2)C2CC2)cc1. The van der Waals surface area contributed by atoms with Crippen LogP contribution in [0.5, 0.6) is 0 Å². The number of nitrogens with one attached hydrogen (secondary N) is 2. The zero-order valence-corrected chi connectivity index (χ0v) is 19.1. The van der Waals surface area contributed by atoms with Gasteiger partial charge in [0.2, 0.25) is 5.91 Å². The van der Waals surface area contributed by atoms with Crippen LogP contribution in [0.2, 0.25) is 0 Å². The fourth-order valence-corrected chi connectivity index (χ4v) is 3.73. The van der Waals surface area contributed by atoms with Crippen LogP contribution in [0.4, 0.5) is 11.4 Å². The Hall–Kier alpha value is -3.58. The van der Waals surface area contributed by atoms with E-state index in [1.807, 2.05) is 20.2 Å². The van der Waals surface area contributed by atoms with Crippen molar-refractivity contribution in [3.05, 3.63) is 83.8 Å². The number of hydrogen-bond acceptors (Lipinski definition) is 5. The number of para-hydroxylation sites is 1. The number of rotatable bonds is 10. The highest BCUT2D eigenvalue weighted by atomic mass is 16.3. The Kier molecular flexibility index (Phi) is 7.10. The van der Waals surface area contributed by atoms with E-state index in [2.05, 4.69) is 44.7 Å². The average Bonchev–Trinajstić information content (AvgIpc) is 3.53. The van der Waals surface area contributed by atoms with Crippen molar-refractivity contribution in [2.24, 2.45) is 0 Å². The molecule has 7 heteroatoms. The molecule has 0 bridgehead atoms. The second-order valence-corrected chi connectivity index (χ2v) is 8.55. The number of furan rings is 1. The lowest BCUT2D eigenvalue weighted by atomic mass is 10.1. The molecule has 172 valence electrons. The minimum Gasteiger partial charge on any atom is -0.467 e. The zero-order chi connectivity index (χ0) is 23.2. The summed E-state index contributed by atoms with van der Waals surface area (Å²) in [4.78, 5) is 29.9. The van der Waals surface area contributed by atoms with Gasteiger partial charge in [-0.3, -0.25) is 14.5 Å². The molecule has 1 heterocycles.